The van der Waals surface area contributed by atoms with Gasteiger partial charge in [-0.3, -0.25) is 5.41 Å². The van der Waals surface area contributed by atoms with Gasteiger partial charge in [-0.25, -0.2) is 0 Å². The van der Waals surface area contributed by atoms with Crippen molar-refractivity contribution in [1.82, 2.24) is 0 Å². The number of hydrogen-bond donors (Lipinski definition) is 1. The van der Waals surface area contributed by atoms with Crippen molar-refractivity contribution in [3.63, 3.8) is 0 Å². The van der Waals surface area contributed by atoms with Crippen LogP contribution in [0.4, 0.5) is 0 Å². The third-order valence-electron chi connectivity index (χ3n) is 9.06. The van der Waals surface area contributed by atoms with Gasteiger partial charge in [0.15, 0.2) is 0 Å². The van der Waals surface area contributed by atoms with E-state index in [1.54, 1.807) is 7.11 Å². The molecule has 0 amide bonds. The van der Waals surface area contributed by atoms with E-state index in [2.05, 4.69) is 55.1 Å². The summed E-state index contributed by atoms with van der Waals surface area (Å²) in [6.07, 6.45) is -4.10. The standard InChI is InChI=1S/C39H43Cl3N4O6Si/c1-38(2,3)53(30-16-10-6-11-17-30,31-18-12-7-13-19-31)50-26-32-34(48-25-28-20-22-29(47-4)23-21-28)35(49-24-27-14-8-5-9-15-27)33(45-46-44)36(51-32)52-37(43)39(40,41)42/h5-23,32-36,43H,24-26H2,1-4H3/t32-,33-,34-,35-,36?/m1/s1. The molecule has 5 atom stereocenters. The molecule has 14 heteroatoms. The molecule has 1 saturated heterocycles. The van der Waals surface area contributed by atoms with Gasteiger partial charge in [0.1, 0.15) is 30.1 Å². The van der Waals surface area contributed by atoms with E-state index < -0.39 is 48.7 Å². The van der Waals surface area contributed by atoms with Crippen LogP contribution in [0.5, 0.6) is 5.75 Å². The smallest absolute Gasteiger partial charge is 0.265 e. The van der Waals surface area contributed by atoms with Crippen LogP contribution in [0.3, 0.4) is 0 Å². The fourth-order valence-corrected chi connectivity index (χ4v) is 11.2. The van der Waals surface area contributed by atoms with E-state index in [0.717, 1.165) is 21.5 Å². The number of rotatable bonds is 14. The maximum absolute atomic E-state index is 9.78. The molecule has 4 aromatic rings. The largest absolute Gasteiger partial charge is 0.497 e. The summed E-state index contributed by atoms with van der Waals surface area (Å²) < 4.78 is 36.2. The Kier molecular flexibility index (Phi) is 13.9. The number of halogens is 3. The number of nitrogens with zero attached hydrogens (tertiary/aromatic N) is 3. The minimum Gasteiger partial charge on any atom is -0.497 e. The molecule has 53 heavy (non-hydrogen) atoms. The molecule has 1 aliphatic rings. The average molecular weight is 798 g/mol. The minimum absolute atomic E-state index is 0.00963. The lowest BCUT2D eigenvalue weighted by Crippen LogP contribution is -2.68. The molecule has 1 unspecified atom stereocenters. The Morgan fingerprint density at radius 1 is 0.792 bits per heavy atom. The predicted molar refractivity (Wildman–Crippen MR) is 211 cm³/mol. The van der Waals surface area contributed by atoms with Gasteiger partial charge in [-0.1, -0.05) is 164 Å². The summed E-state index contributed by atoms with van der Waals surface area (Å²) in [5.41, 5.74) is 11.5. The van der Waals surface area contributed by atoms with Gasteiger partial charge in [-0.15, -0.1) is 0 Å². The SMILES string of the molecule is COc1ccc(CO[C@H]2[C@H](OCc3ccccc3)[C@@H](N=[N+]=[N-])C(OC(=N)C(Cl)(Cl)Cl)O[C@@H]2CO[Si](c2ccccc2)(c2ccccc2)C(C)(C)C)cc1. The highest BCUT2D eigenvalue weighted by molar-refractivity contribution is 6.99. The summed E-state index contributed by atoms with van der Waals surface area (Å²) >= 11 is 18.2. The van der Waals surface area contributed by atoms with Crippen LogP contribution in [-0.2, 0) is 36.6 Å². The molecule has 0 saturated carbocycles. The summed E-state index contributed by atoms with van der Waals surface area (Å²) in [4.78, 5) is 3.10. The third-order valence-corrected chi connectivity index (χ3v) is 14.6. The molecule has 4 aromatic carbocycles. The molecule has 0 spiro atoms. The fourth-order valence-electron chi connectivity index (χ4n) is 6.53. The van der Waals surface area contributed by atoms with Crippen molar-refractivity contribution in [3.05, 3.63) is 137 Å². The van der Waals surface area contributed by atoms with Gasteiger partial charge in [-0.05, 0) is 44.2 Å². The zero-order valence-corrected chi connectivity index (χ0v) is 33.2. The van der Waals surface area contributed by atoms with Gasteiger partial charge in [0.25, 0.3) is 12.1 Å². The van der Waals surface area contributed by atoms with Crippen molar-refractivity contribution >= 4 is 59.4 Å². The summed E-state index contributed by atoms with van der Waals surface area (Å²) in [5, 5.41) is 14.2. The highest BCUT2D eigenvalue weighted by Crippen LogP contribution is 2.39. The molecule has 0 bridgehead atoms. The van der Waals surface area contributed by atoms with Crippen LogP contribution in [0.15, 0.2) is 120 Å². The zero-order chi connectivity index (χ0) is 38.1. The summed E-state index contributed by atoms with van der Waals surface area (Å²) in [6, 6.07) is 36.3. The lowest BCUT2D eigenvalue weighted by Gasteiger charge is -2.47. The maximum Gasteiger partial charge on any atom is 0.265 e. The molecule has 280 valence electrons. The first-order valence-electron chi connectivity index (χ1n) is 17.0. The van der Waals surface area contributed by atoms with Crippen molar-refractivity contribution in [1.29, 1.82) is 5.41 Å². The predicted octanol–water partition coefficient (Wildman–Crippen LogP) is 8.51. The summed E-state index contributed by atoms with van der Waals surface area (Å²) in [7, 11) is -1.48. The van der Waals surface area contributed by atoms with E-state index in [0.29, 0.717) is 5.75 Å². The highest BCUT2D eigenvalue weighted by atomic mass is 35.6. The normalized spacial score (nSPS) is 20.6. The highest BCUT2D eigenvalue weighted by Gasteiger charge is 2.54. The number of ether oxygens (including phenoxy) is 5. The summed E-state index contributed by atoms with van der Waals surface area (Å²) in [5.74, 6) is -0.00749. The molecule has 5 rings (SSSR count). The molecule has 0 radical (unpaired) electrons. The van der Waals surface area contributed by atoms with Gasteiger partial charge >= 0.3 is 0 Å². The minimum atomic E-state index is -3.09. The van der Waals surface area contributed by atoms with Crippen LogP contribution >= 0.6 is 34.8 Å². The number of alkyl halides is 3. The number of nitrogens with one attached hydrogen (secondary N) is 1. The van der Waals surface area contributed by atoms with Crippen molar-refractivity contribution in [2.24, 2.45) is 5.11 Å². The van der Waals surface area contributed by atoms with Crippen LogP contribution in [0.1, 0.15) is 31.9 Å². The molecular formula is C39H43Cl3N4O6Si. The Morgan fingerprint density at radius 2 is 1.30 bits per heavy atom. The molecule has 1 fully saturated rings. The molecule has 0 aliphatic carbocycles. The molecule has 10 nitrogen and oxygen atoms in total. The van der Waals surface area contributed by atoms with Crippen LogP contribution in [0, 0.1) is 5.41 Å². The number of hydrogen-bond acceptors (Lipinski definition) is 8. The van der Waals surface area contributed by atoms with Crippen molar-refractivity contribution in [2.75, 3.05) is 13.7 Å². The molecule has 1 N–H and O–H groups in total. The first-order chi connectivity index (χ1) is 25.4. The lowest BCUT2D eigenvalue weighted by atomic mass is 9.96. The van der Waals surface area contributed by atoms with Gasteiger partial charge in [0, 0.05) is 4.91 Å². The fraction of sp³-hybridized carbons (Fsp3) is 0.359. The van der Waals surface area contributed by atoms with Crippen LogP contribution < -0.4 is 15.1 Å². The Bertz CT molecular complexity index is 1770. The molecule has 0 aromatic heterocycles. The molecule has 1 aliphatic heterocycles. The second-order valence-electron chi connectivity index (χ2n) is 13.5. The quantitative estimate of drug-likeness (QED) is 0.0259. The van der Waals surface area contributed by atoms with E-state index in [1.165, 1.54) is 0 Å². The topological polar surface area (TPSA) is 128 Å². The average Bonchev–Trinajstić information content (AvgIpc) is 3.15. The Labute approximate surface area is 326 Å². The van der Waals surface area contributed by atoms with Gasteiger partial charge < -0.3 is 28.1 Å². The number of azide groups is 1. The Hall–Kier alpha value is -3.61. The number of methoxy groups -OCH3 is 1. The molecular weight excluding hydrogens is 755 g/mol. The van der Waals surface area contributed by atoms with E-state index in [4.69, 9.17) is 68.3 Å². The number of benzene rings is 4. The second-order valence-corrected chi connectivity index (χ2v) is 20.1. The lowest BCUT2D eigenvalue weighted by molar-refractivity contribution is -0.265. The van der Waals surface area contributed by atoms with Crippen molar-refractivity contribution in [3.8, 4) is 5.75 Å². The maximum atomic E-state index is 9.78. The Balaban J connectivity index is 1.60. The molecule has 1 heterocycles. The van der Waals surface area contributed by atoms with Crippen LogP contribution in [-0.4, -0.2) is 62.4 Å². The first-order valence-corrected chi connectivity index (χ1v) is 20.1. The first kappa shape index (κ1) is 40.6. The third kappa shape index (κ3) is 9.93. The monoisotopic (exact) mass is 796 g/mol. The Morgan fingerprint density at radius 3 is 1.79 bits per heavy atom. The van der Waals surface area contributed by atoms with Crippen LogP contribution in [0.25, 0.3) is 10.4 Å². The van der Waals surface area contributed by atoms with Gasteiger partial charge in [-0.2, -0.15) is 0 Å². The van der Waals surface area contributed by atoms with Crippen LogP contribution in [0.2, 0.25) is 5.04 Å². The van der Waals surface area contributed by atoms with E-state index in [-0.39, 0.29) is 24.9 Å². The summed E-state index contributed by atoms with van der Waals surface area (Å²) in [6.45, 7) is 6.83. The van der Waals surface area contributed by atoms with Crippen molar-refractivity contribution in [2.45, 2.75) is 73.5 Å². The van der Waals surface area contributed by atoms with E-state index >= 15 is 0 Å². The second kappa shape index (κ2) is 18.1. The van der Waals surface area contributed by atoms with E-state index in [1.807, 2.05) is 91.0 Å². The van der Waals surface area contributed by atoms with E-state index in [9.17, 15) is 5.53 Å². The van der Waals surface area contributed by atoms with Gasteiger partial charge in [0.05, 0.1) is 26.9 Å². The van der Waals surface area contributed by atoms with Crippen molar-refractivity contribution < 1.29 is 28.1 Å². The van der Waals surface area contributed by atoms with Gasteiger partial charge in [0.2, 0.25) is 12.2 Å². The zero-order valence-electron chi connectivity index (χ0n) is 29.9.